The van der Waals surface area contributed by atoms with Crippen molar-refractivity contribution in [2.45, 2.75) is 38.0 Å². The van der Waals surface area contributed by atoms with Crippen LogP contribution in [0.1, 0.15) is 43.7 Å². The zero-order chi connectivity index (χ0) is 21.5. The first-order valence-electron chi connectivity index (χ1n) is 10.7. The average molecular weight is 413 g/mol. The Morgan fingerprint density at radius 1 is 1.19 bits per heavy atom. The van der Waals surface area contributed by atoms with Crippen LogP contribution in [0.3, 0.4) is 0 Å². The molecule has 5 rings (SSSR count). The van der Waals surface area contributed by atoms with Gasteiger partial charge in [0.2, 0.25) is 0 Å². The number of hydrogen-bond acceptors (Lipinski definition) is 5. The molecule has 1 aliphatic rings. The van der Waals surface area contributed by atoms with Crippen LogP contribution in [0.2, 0.25) is 0 Å². The van der Waals surface area contributed by atoms with E-state index in [0.717, 1.165) is 64.5 Å². The highest BCUT2D eigenvalue weighted by molar-refractivity contribution is 6.36. The van der Waals surface area contributed by atoms with Gasteiger partial charge in [0.05, 0.1) is 11.7 Å². The van der Waals surface area contributed by atoms with E-state index in [1.54, 1.807) is 10.7 Å². The number of nitrogen functional groups attached to an aromatic ring is 1. The average Bonchev–Trinajstić information content (AvgIpc) is 3.20. The van der Waals surface area contributed by atoms with E-state index in [0.29, 0.717) is 5.82 Å². The fraction of sp³-hybridized carbons (Fsp3) is 0.304. The number of aliphatic carboxylic acids is 1. The number of carboxylic acids is 1. The molecule has 0 spiro atoms. The fourth-order valence-electron chi connectivity index (χ4n) is 4.82. The molecule has 3 heterocycles. The molecule has 1 aromatic carbocycles. The van der Waals surface area contributed by atoms with Crippen molar-refractivity contribution in [3.05, 3.63) is 48.4 Å². The molecular formula is C23H24BN5O2. The van der Waals surface area contributed by atoms with E-state index in [9.17, 15) is 4.79 Å². The Morgan fingerprint density at radius 2 is 1.97 bits per heavy atom. The van der Waals surface area contributed by atoms with E-state index in [2.05, 4.69) is 16.1 Å². The van der Waals surface area contributed by atoms with Gasteiger partial charge in [-0.2, -0.15) is 9.61 Å². The summed E-state index contributed by atoms with van der Waals surface area (Å²) in [6.45, 7) is 0. The van der Waals surface area contributed by atoms with Crippen LogP contribution < -0.4 is 11.2 Å². The van der Waals surface area contributed by atoms with Crippen LogP contribution in [0.4, 0.5) is 5.82 Å². The first-order chi connectivity index (χ1) is 15.0. The Labute approximate surface area is 180 Å². The van der Waals surface area contributed by atoms with Crippen molar-refractivity contribution in [1.82, 2.24) is 19.6 Å². The highest BCUT2D eigenvalue weighted by atomic mass is 16.4. The lowest BCUT2D eigenvalue weighted by atomic mass is 9.76. The SMILES string of the molecule is Bc1c(C2CCC(CC(=O)O)CC2)nc2c(-c3cnc4ccccc4c3)cnn2c1N. The summed E-state index contributed by atoms with van der Waals surface area (Å²) in [4.78, 5) is 20.7. The van der Waals surface area contributed by atoms with E-state index in [1.807, 2.05) is 38.3 Å². The summed E-state index contributed by atoms with van der Waals surface area (Å²) >= 11 is 0. The van der Waals surface area contributed by atoms with Crippen molar-refractivity contribution >= 4 is 41.6 Å². The molecular weight excluding hydrogens is 389 g/mol. The molecule has 1 aliphatic carbocycles. The molecule has 0 bridgehead atoms. The molecule has 0 saturated heterocycles. The Bertz CT molecular complexity index is 1290. The molecule has 3 aromatic heterocycles. The molecule has 0 unspecified atom stereocenters. The van der Waals surface area contributed by atoms with Crippen molar-refractivity contribution in [1.29, 1.82) is 0 Å². The Morgan fingerprint density at radius 3 is 2.74 bits per heavy atom. The second-order valence-electron chi connectivity index (χ2n) is 8.53. The van der Waals surface area contributed by atoms with Gasteiger partial charge < -0.3 is 10.8 Å². The van der Waals surface area contributed by atoms with E-state index in [1.165, 1.54) is 0 Å². The third-order valence-electron chi connectivity index (χ3n) is 6.57. The number of nitrogens with two attached hydrogens (primary N) is 1. The van der Waals surface area contributed by atoms with Gasteiger partial charge in [-0.25, -0.2) is 4.98 Å². The van der Waals surface area contributed by atoms with Gasteiger partial charge >= 0.3 is 5.97 Å². The van der Waals surface area contributed by atoms with Gasteiger partial charge in [-0.15, -0.1) is 0 Å². The second-order valence-corrected chi connectivity index (χ2v) is 8.53. The van der Waals surface area contributed by atoms with E-state index >= 15 is 0 Å². The Balaban J connectivity index is 1.54. The maximum Gasteiger partial charge on any atom is 0.303 e. The summed E-state index contributed by atoms with van der Waals surface area (Å²) in [5, 5.41) is 14.7. The van der Waals surface area contributed by atoms with Gasteiger partial charge in [0.25, 0.3) is 0 Å². The van der Waals surface area contributed by atoms with Crippen LogP contribution in [0.25, 0.3) is 27.7 Å². The minimum absolute atomic E-state index is 0.252. The lowest BCUT2D eigenvalue weighted by Crippen LogP contribution is -2.27. The zero-order valence-corrected chi connectivity index (χ0v) is 17.5. The normalized spacial score (nSPS) is 19.1. The summed E-state index contributed by atoms with van der Waals surface area (Å²) in [7, 11) is 2.00. The van der Waals surface area contributed by atoms with Crippen molar-refractivity contribution < 1.29 is 9.90 Å². The number of anilines is 1. The van der Waals surface area contributed by atoms with Crippen molar-refractivity contribution in [2.75, 3.05) is 5.73 Å². The van der Waals surface area contributed by atoms with E-state index < -0.39 is 5.97 Å². The van der Waals surface area contributed by atoms with Gasteiger partial charge in [0.15, 0.2) is 5.65 Å². The maximum atomic E-state index is 11.0. The van der Waals surface area contributed by atoms with Crippen LogP contribution in [0.5, 0.6) is 0 Å². The molecule has 0 atom stereocenters. The highest BCUT2D eigenvalue weighted by Crippen LogP contribution is 2.37. The number of hydrogen-bond donors (Lipinski definition) is 2. The topological polar surface area (TPSA) is 106 Å². The first kappa shape index (κ1) is 19.5. The minimum atomic E-state index is -0.712. The maximum absolute atomic E-state index is 11.0. The summed E-state index contributed by atoms with van der Waals surface area (Å²) in [6.07, 6.45) is 7.59. The summed E-state index contributed by atoms with van der Waals surface area (Å²) in [5.41, 5.74) is 12.0. The van der Waals surface area contributed by atoms with Crippen LogP contribution in [0.15, 0.2) is 42.7 Å². The van der Waals surface area contributed by atoms with E-state index in [-0.39, 0.29) is 18.3 Å². The van der Waals surface area contributed by atoms with Crippen LogP contribution in [-0.4, -0.2) is 38.5 Å². The number of aromatic nitrogens is 4. The van der Waals surface area contributed by atoms with Gasteiger partial charge in [-0.05, 0) is 49.2 Å². The van der Waals surface area contributed by atoms with E-state index in [4.69, 9.17) is 15.8 Å². The molecule has 3 N–H and O–H groups in total. The molecule has 7 nitrogen and oxygen atoms in total. The van der Waals surface area contributed by atoms with Crippen LogP contribution >= 0.6 is 0 Å². The van der Waals surface area contributed by atoms with Crippen LogP contribution in [-0.2, 0) is 4.79 Å². The van der Waals surface area contributed by atoms with Crippen molar-refractivity contribution in [3.8, 4) is 11.1 Å². The third kappa shape index (κ3) is 3.52. The predicted octanol–water partition coefficient (Wildman–Crippen LogP) is 2.53. The lowest BCUT2D eigenvalue weighted by molar-refractivity contribution is -0.138. The third-order valence-corrected chi connectivity index (χ3v) is 6.57. The molecule has 0 amide bonds. The molecule has 1 fully saturated rings. The zero-order valence-electron chi connectivity index (χ0n) is 17.5. The highest BCUT2D eigenvalue weighted by Gasteiger charge is 2.27. The molecule has 4 aromatic rings. The first-order valence-corrected chi connectivity index (χ1v) is 10.7. The fourth-order valence-corrected chi connectivity index (χ4v) is 4.82. The van der Waals surface area contributed by atoms with Gasteiger partial charge in [-0.1, -0.05) is 18.2 Å². The Kier molecular flexibility index (Phi) is 4.84. The quantitative estimate of drug-likeness (QED) is 0.498. The number of benzene rings is 1. The molecule has 0 aliphatic heterocycles. The number of para-hydroxylation sites is 1. The summed E-state index contributed by atoms with van der Waals surface area (Å²) in [6, 6.07) is 10.1. The smallest absolute Gasteiger partial charge is 0.303 e. The summed E-state index contributed by atoms with van der Waals surface area (Å²) < 4.78 is 1.71. The molecule has 0 radical (unpaired) electrons. The largest absolute Gasteiger partial charge is 0.481 e. The van der Waals surface area contributed by atoms with Gasteiger partial charge in [0.1, 0.15) is 13.7 Å². The van der Waals surface area contributed by atoms with Crippen molar-refractivity contribution in [3.63, 3.8) is 0 Å². The molecule has 8 heteroatoms. The van der Waals surface area contributed by atoms with Crippen LogP contribution in [0, 0.1) is 5.92 Å². The number of carbonyl (C=O) groups is 1. The second kappa shape index (κ2) is 7.69. The molecule has 31 heavy (non-hydrogen) atoms. The molecule has 156 valence electrons. The van der Waals surface area contributed by atoms with Gasteiger partial charge in [0, 0.05) is 40.7 Å². The number of carboxylic acid groups (broad SMARTS) is 1. The van der Waals surface area contributed by atoms with Gasteiger partial charge in [-0.3, -0.25) is 9.78 Å². The minimum Gasteiger partial charge on any atom is -0.481 e. The summed E-state index contributed by atoms with van der Waals surface area (Å²) in [5.74, 6) is 0.433. The molecule has 1 saturated carbocycles. The monoisotopic (exact) mass is 413 g/mol. The number of nitrogens with zero attached hydrogens (tertiary/aromatic N) is 4. The standard InChI is InChI=1S/C23H24BN5O2/c24-20-21(14-7-5-13(6-8-14)9-19(30)31)28-23-17(12-27-29(23)22(20)25)16-10-15-3-1-2-4-18(15)26-11-16/h1-4,10-14H,5-9,24-25H2,(H,30,31). The number of rotatable bonds is 4. The predicted molar refractivity (Wildman–Crippen MR) is 123 cm³/mol. The Hall–Kier alpha value is -3.42. The lowest BCUT2D eigenvalue weighted by Gasteiger charge is -2.28. The number of pyridine rings is 1. The number of fused-ring (bicyclic) bond motifs is 2. The van der Waals surface area contributed by atoms with Crippen molar-refractivity contribution in [2.24, 2.45) is 5.92 Å².